The first kappa shape index (κ1) is 58.3. The molecule has 0 aromatic carbocycles. The van der Waals surface area contributed by atoms with Gasteiger partial charge in [-0.05, 0) is 100 Å². The summed E-state index contributed by atoms with van der Waals surface area (Å²) in [6, 6.07) is -1.81. The fourth-order valence-corrected chi connectivity index (χ4v) is 6.15. The zero-order chi connectivity index (χ0) is 47.0. The molecule has 18 nitrogen and oxygen atoms in total. The first-order valence-corrected chi connectivity index (χ1v) is 22.9. The summed E-state index contributed by atoms with van der Waals surface area (Å²) >= 11 is 1.54. The summed E-state index contributed by atoms with van der Waals surface area (Å²) in [7, 11) is 0. The highest BCUT2D eigenvalue weighted by Crippen LogP contribution is 2.16. The third kappa shape index (κ3) is 38.0. The van der Waals surface area contributed by atoms with Crippen LogP contribution < -0.4 is 21.3 Å². The maximum absolute atomic E-state index is 12.9. The standard InChI is InChI=1S/C43H78N4O14S/c1-41(2,3)59-38(53)32(18-19-34(48)44-22-15-24-56-26-28-58-29-27-57-25-16-23-45-35(49)20-21-37(51)52)46-36(50)17-13-11-10-12-14-30-62-31-33(39(54)60-42(4,5)6)47-40(55)61-43(7,8)9/h32-33H,10-31H2,1-9H3,(H,44,48)(H,45,49)(H,46,50)(H,47,55)(H,51,52). The third-order valence-electron chi connectivity index (χ3n) is 7.93. The second kappa shape index (κ2) is 32.9. The zero-order valence-corrected chi connectivity index (χ0v) is 39.7. The summed E-state index contributed by atoms with van der Waals surface area (Å²) in [5, 5.41) is 19.4. The van der Waals surface area contributed by atoms with E-state index >= 15 is 0 Å². The van der Waals surface area contributed by atoms with E-state index in [1.54, 1.807) is 74.1 Å². The van der Waals surface area contributed by atoms with Crippen molar-refractivity contribution in [3.8, 4) is 0 Å². The van der Waals surface area contributed by atoms with Crippen LogP contribution in [0.2, 0.25) is 0 Å². The average Bonchev–Trinajstić information content (AvgIpc) is 3.13. The predicted molar refractivity (Wildman–Crippen MR) is 236 cm³/mol. The van der Waals surface area contributed by atoms with Crippen LogP contribution >= 0.6 is 11.8 Å². The Morgan fingerprint density at radius 3 is 1.48 bits per heavy atom. The minimum absolute atomic E-state index is 0.0238. The predicted octanol–water partition coefficient (Wildman–Crippen LogP) is 4.83. The summed E-state index contributed by atoms with van der Waals surface area (Å²) in [6.07, 6.45) is 4.78. The van der Waals surface area contributed by atoms with Crippen molar-refractivity contribution in [3.63, 3.8) is 0 Å². The molecule has 360 valence electrons. The fourth-order valence-electron chi connectivity index (χ4n) is 5.12. The Bertz CT molecular complexity index is 1330. The van der Waals surface area contributed by atoms with Crippen LogP contribution in [-0.2, 0) is 57.2 Å². The number of alkyl carbamates (subject to hydrolysis) is 1. The molecule has 0 aliphatic heterocycles. The minimum Gasteiger partial charge on any atom is -0.481 e. The number of carboxylic acids is 1. The highest BCUT2D eigenvalue weighted by molar-refractivity contribution is 7.99. The molecular formula is C43H78N4O14S. The Hall–Kier alpha value is -3.68. The molecule has 0 saturated carbocycles. The van der Waals surface area contributed by atoms with E-state index < -0.39 is 52.9 Å². The lowest BCUT2D eigenvalue weighted by atomic mass is 10.1. The van der Waals surface area contributed by atoms with Crippen LogP contribution in [0.5, 0.6) is 0 Å². The minimum atomic E-state index is -1.01. The largest absolute Gasteiger partial charge is 0.481 e. The van der Waals surface area contributed by atoms with E-state index in [1.807, 2.05) is 0 Å². The summed E-state index contributed by atoms with van der Waals surface area (Å²) in [5.41, 5.74) is -2.16. The first-order valence-electron chi connectivity index (χ1n) is 21.8. The monoisotopic (exact) mass is 907 g/mol. The molecule has 0 aliphatic rings. The van der Waals surface area contributed by atoms with Gasteiger partial charge in [-0.25, -0.2) is 14.4 Å². The van der Waals surface area contributed by atoms with Crippen molar-refractivity contribution in [3.05, 3.63) is 0 Å². The van der Waals surface area contributed by atoms with Crippen LogP contribution in [-0.4, -0.2) is 140 Å². The summed E-state index contributed by atoms with van der Waals surface area (Å²) in [4.78, 5) is 85.3. The topological polar surface area (TPSA) is 243 Å². The van der Waals surface area contributed by atoms with Gasteiger partial charge in [0.15, 0.2) is 0 Å². The molecule has 0 fully saturated rings. The van der Waals surface area contributed by atoms with Gasteiger partial charge < -0.3 is 54.8 Å². The van der Waals surface area contributed by atoms with Gasteiger partial charge in [0.25, 0.3) is 0 Å². The normalized spacial score (nSPS) is 12.7. The summed E-state index contributed by atoms with van der Waals surface area (Å²) in [5.74, 6) is -1.84. The Morgan fingerprint density at radius 1 is 0.500 bits per heavy atom. The van der Waals surface area contributed by atoms with E-state index in [0.717, 1.165) is 31.4 Å². The molecule has 0 saturated heterocycles. The number of amides is 4. The number of esters is 2. The number of ether oxygens (including phenoxy) is 6. The number of carbonyl (C=O) groups excluding carboxylic acids is 6. The van der Waals surface area contributed by atoms with Gasteiger partial charge in [0.2, 0.25) is 17.7 Å². The van der Waals surface area contributed by atoms with Crippen molar-refractivity contribution >= 4 is 53.5 Å². The molecule has 0 aromatic rings. The van der Waals surface area contributed by atoms with Crippen molar-refractivity contribution in [2.75, 3.05) is 64.2 Å². The molecule has 0 bridgehead atoms. The molecule has 4 amide bonds. The van der Waals surface area contributed by atoms with Gasteiger partial charge in [-0.3, -0.25) is 19.2 Å². The van der Waals surface area contributed by atoms with Gasteiger partial charge >= 0.3 is 24.0 Å². The number of carboxylic acid groups (broad SMARTS) is 1. The van der Waals surface area contributed by atoms with E-state index in [2.05, 4.69) is 21.3 Å². The molecular weight excluding hydrogens is 829 g/mol. The van der Waals surface area contributed by atoms with Crippen molar-refractivity contribution < 1.29 is 67.1 Å². The number of thioether (sulfide) groups is 1. The molecule has 2 unspecified atom stereocenters. The lowest BCUT2D eigenvalue weighted by Crippen LogP contribution is -2.47. The van der Waals surface area contributed by atoms with Crippen LogP contribution in [0.1, 0.15) is 139 Å². The lowest BCUT2D eigenvalue weighted by Gasteiger charge is -2.26. The van der Waals surface area contributed by atoms with Crippen LogP contribution in [0.3, 0.4) is 0 Å². The smallest absolute Gasteiger partial charge is 0.408 e. The maximum Gasteiger partial charge on any atom is 0.408 e. The van der Waals surface area contributed by atoms with Gasteiger partial charge in [0.05, 0.1) is 32.8 Å². The number of unbranched alkanes of at least 4 members (excludes halogenated alkanes) is 4. The van der Waals surface area contributed by atoms with Crippen molar-refractivity contribution in [2.45, 2.75) is 168 Å². The van der Waals surface area contributed by atoms with Crippen LogP contribution in [0, 0.1) is 0 Å². The molecule has 0 aromatic heterocycles. The number of nitrogens with one attached hydrogen (secondary N) is 4. The van der Waals surface area contributed by atoms with Gasteiger partial charge in [-0.1, -0.05) is 19.3 Å². The number of rotatable bonds is 34. The van der Waals surface area contributed by atoms with Crippen LogP contribution in [0.15, 0.2) is 0 Å². The molecule has 2 atom stereocenters. The van der Waals surface area contributed by atoms with E-state index in [9.17, 15) is 33.6 Å². The van der Waals surface area contributed by atoms with E-state index in [0.29, 0.717) is 77.7 Å². The molecule has 62 heavy (non-hydrogen) atoms. The molecule has 0 heterocycles. The lowest BCUT2D eigenvalue weighted by molar-refractivity contribution is -0.159. The van der Waals surface area contributed by atoms with E-state index in [1.165, 1.54) is 0 Å². The number of hydrogen-bond donors (Lipinski definition) is 5. The van der Waals surface area contributed by atoms with Crippen molar-refractivity contribution in [1.82, 2.24) is 21.3 Å². The Balaban J connectivity index is 4.32. The molecule has 0 radical (unpaired) electrons. The molecule has 19 heteroatoms. The van der Waals surface area contributed by atoms with Crippen molar-refractivity contribution in [1.29, 1.82) is 0 Å². The highest BCUT2D eigenvalue weighted by atomic mass is 32.2. The first-order chi connectivity index (χ1) is 29.0. The quantitative estimate of drug-likeness (QED) is 0.0330. The van der Waals surface area contributed by atoms with E-state index in [-0.39, 0.29) is 49.8 Å². The maximum atomic E-state index is 12.9. The number of carbonyl (C=O) groups is 7. The van der Waals surface area contributed by atoms with Gasteiger partial charge in [-0.2, -0.15) is 11.8 Å². The van der Waals surface area contributed by atoms with Crippen LogP contribution in [0.4, 0.5) is 4.79 Å². The number of aliphatic carboxylic acids is 1. The summed E-state index contributed by atoms with van der Waals surface area (Å²) in [6.45, 7) is 19.0. The van der Waals surface area contributed by atoms with E-state index in [4.69, 9.17) is 33.5 Å². The Morgan fingerprint density at radius 2 is 0.968 bits per heavy atom. The van der Waals surface area contributed by atoms with Crippen LogP contribution in [0.25, 0.3) is 0 Å². The fraction of sp³-hybridized carbons (Fsp3) is 0.837. The third-order valence-corrected chi connectivity index (χ3v) is 9.08. The van der Waals surface area contributed by atoms with Crippen molar-refractivity contribution in [2.24, 2.45) is 0 Å². The number of hydrogen-bond acceptors (Lipinski definition) is 14. The Kier molecular flexibility index (Phi) is 31.0. The SMILES string of the molecule is CC(C)(C)OC(=O)NC(CSCCCCCCCC(=O)NC(CCC(=O)NCCCOCCOCCOCCCNC(=O)CCC(=O)O)C(=O)OC(C)(C)C)C(=O)OC(C)(C)C. The van der Waals surface area contributed by atoms with Gasteiger partial charge in [0.1, 0.15) is 28.9 Å². The zero-order valence-electron chi connectivity index (χ0n) is 38.9. The molecule has 0 rings (SSSR count). The second-order valence-electron chi connectivity index (χ2n) is 17.7. The molecule has 0 aliphatic carbocycles. The van der Waals surface area contributed by atoms with Gasteiger partial charge in [-0.15, -0.1) is 0 Å². The molecule has 5 N–H and O–H groups in total. The average molecular weight is 907 g/mol. The highest BCUT2D eigenvalue weighted by Gasteiger charge is 2.29. The second-order valence-corrected chi connectivity index (χ2v) is 18.8. The summed E-state index contributed by atoms with van der Waals surface area (Å²) < 4.78 is 32.8. The Labute approximate surface area is 373 Å². The molecule has 0 spiro atoms. The van der Waals surface area contributed by atoms with Gasteiger partial charge in [0, 0.05) is 51.3 Å².